The molecule has 0 amide bonds. The van der Waals surface area contributed by atoms with Crippen LogP contribution in [0.3, 0.4) is 0 Å². The third-order valence-corrected chi connectivity index (χ3v) is 19.7. The first kappa shape index (κ1) is 51.4. The van der Waals surface area contributed by atoms with Crippen molar-refractivity contribution in [2.24, 2.45) is 17.8 Å². The van der Waals surface area contributed by atoms with Crippen LogP contribution in [0.15, 0.2) is 97.3 Å². The molecule has 4 aliphatic rings. The Morgan fingerprint density at radius 1 is 0.822 bits per heavy atom. The van der Waals surface area contributed by atoms with Gasteiger partial charge in [-0.05, 0) is 181 Å². The molecule has 10 nitrogen and oxygen atoms in total. The highest BCUT2D eigenvalue weighted by molar-refractivity contribution is 8.76. The Bertz CT molecular complexity index is 2910. The minimum absolute atomic E-state index is 0.0149. The number of hydrogen-bond acceptors (Lipinski definition) is 11. The molecule has 2 heterocycles. The molecule has 73 heavy (non-hydrogen) atoms. The van der Waals surface area contributed by atoms with Gasteiger partial charge in [-0.2, -0.15) is 0 Å². The Kier molecular flexibility index (Phi) is 15.5. The van der Waals surface area contributed by atoms with Crippen molar-refractivity contribution in [2.75, 3.05) is 19.9 Å². The number of rotatable bonds is 11. The van der Waals surface area contributed by atoms with Crippen molar-refractivity contribution in [3.05, 3.63) is 147 Å². The molecule has 12 heteroatoms. The van der Waals surface area contributed by atoms with Gasteiger partial charge in [0.25, 0.3) is 0 Å². The van der Waals surface area contributed by atoms with Crippen LogP contribution in [0, 0.1) is 17.8 Å². The lowest BCUT2D eigenvalue weighted by Crippen LogP contribution is -2.61. The van der Waals surface area contributed by atoms with Crippen molar-refractivity contribution in [3.8, 4) is 28.7 Å². The van der Waals surface area contributed by atoms with Gasteiger partial charge in [0.1, 0.15) is 5.75 Å². The smallest absolute Gasteiger partial charge is 0.164 e. The topological polar surface area (TPSA) is 164 Å². The van der Waals surface area contributed by atoms with E-state index in [0.29, 0.717) is 53.4 Å². The summed E-state index contributed by atoms with van der Waals surface area (Å²) in [6.07, 6.45) is 12.6. The van der Waals surface area contributed by atoms with Gasteiger partial charge in [-0.1, -0.05) is 96.3 Å². The van der Waals surface area contributed by atoms with E-state index in [4.69, 9.17) is 9.47 Å². The normalized spacial score (nSPS) is 24.8. The van der Waals surface area contributed by atoms with Crippen LogP contribution in [0.5, 0.6) is 28.7 Å². The van der Waals surface area contributed by atoms with E-state index in [0.717, 1.165) is 91.8 Å². The number of methoxy groups -OCH3 is 1. The number of aromatic hydroxyl groups is 3. The zero-order chi connectivity index (χ0) is 50.9. The Morgan fingerprint density at radius 3 is 2.37 bits per heavy atom. The SMILES string of the molecule is CCc1ccc2cccc3c2c1Cc1c(ccc(O)c1OC)CC(Cc1cc[nH]c1)C(O)C1C(=O)C(Cc2ccc(O)c(OC4CCCC4)c2)(c2cc(O)cc(C4(NC)CCCCC4)c2)C(O)CC1CSSC3. The number of ether oxygens (including phenoxy) is 2. The molecule has 7 N–H and O–H groups in total. The molecule has 1 aromatic heterocycles. The molecule has 0 radical (unpaired) electrons. The number of phenolic OH excluding ortho intramolecular Hbond substituents is 3. The number of H-pyrrole nitrogens is 1. The van der Waals surface area contributed by atoms with E-state index < -0.39 is 40.9 Å². The number of benzene rings is 5. The lowest BCUT2D eigenvalue weighted by Gasteiger charge is -2.50. The number of aliphatic hydroxyl groups excluding tert-OH is 2. The quantitative estimate of drug-likeness (QED) is 0.0618. The Balaban J connectivity index is 1.15. The number of carbonyl (C=O) groups excluding carboxylic acids is 1. The van der Waals surface area contributed by atoms with Crippen molar-refractivity contribution in [3.63, 3.8) is 0 Å². The molecule has 6 unspecified atom stereocenters. The molecule has 6 atom stereocenters. The highest BCUT2D eigenvalue weighted by Gasteiger charge is 2.58. The molecular weight excluding hydrogens is 953 g/mol. The first-order chi connectivity index (χ1) is 35.4. The van der Waals surface area contributed by atoms with Gasteiger partial charge in [0.05, 0.1) is 30.8 Å². The number of hydrogen-bond donors (Lipinski definition) is 7. The molecule has 0 bridgehead atoms. The number of Topliss-reactive ketones (excluding diaryl/α,β-unsaturated/α-hetero) is 1. The zero-order valence-corrected chi connectivity index (χ0v) is 44.1. The number of phenols is 3. The van der Waals surface area contributed by atoms with Crippen LogP contribution in [-0.2, 0) is 53.6 Å². The molecular formula is C61H72N2O8S2. The number of aromatic amines is 1. The summed E-state index contributed by atoms with van der Waals surface area (Å²) in [5, 5.41) is 67.3. The van der Waals surface area contributed by atoms with Gasteiger partial charge in [-0.25, -0.2) is 0 Å². The second-order valence-electron chi connectivity index (χ2n) is 21.5. The fraction of sp³-hybridized carbons (Fsp3) is 0.459. The average Bonchev–Trinajstić information content (AvgIpc) is 4.13. The van der Waals surface area contributed by atoms with Crippen LogP contribution in [0.2, 0.25) is 0 Å². The van der Waals surface area contributed by atoms with E-state index in [-0.39, 0.29) is 42.0 Å². The predicted octanol–water partition coefficient (Wildman–Crippen LogP) is 11.6. The summed E-state index contributed by atoms with van der Waals surface area (Å²) in [5.74, 6) is -0.122. The first-order valence-electron chi connectivity index (χ1n) is 26.6. The van der Waals surface area contributed by atoms with E-state index >= 15 is 4.79 Å². The van der Waals surface area contributed by atoms with Gasteiger partial charge in [0, 0.05) is 47.3 Å². The molecule has 386 valence electrons. The van der Waals surface area contributed by atoms with Crippen LogP contribution < -0.4 is 14.8 Å². The van der Waals surface area contributed by atoms with Crippen molar-refractivity contribution in [1.29, 1.82) is 0 Å². The minimum Gasteiger partial charge on any atom is -0.508 e. The van der Waals surface area contributed by atoms with Gasteiger partial charge in [0.15, 0.2) is 28.8 Å². The van der Waals surface area contributed by atoms with Crippen LogP contribution in [0.1, 0.15) is 121 Å². The van der Waals surface area contributed by atoms with Crippen molar-refractivity contribution < 1.29 is 39.8 Å². The van der Waals surface area contributed by atoms with Crippen molar-refractivity contribution in [1.82, 2.24) is 10.3 Å². The number of nitrogens with one attached hydrogen (secondary N) is 2. The molecule has 3 saturated carbocycles. The highest BCUT2D eigenvalue weighted by Crippen LogP contribution is 2.52. The number of carbonyl (C=O) groups is 1. The lowest BCUT2D eigenvalue weighted by molar-refractivity contribution is -0.149. The van der Waals surface area contributed by atoms with Crippen LogP contribution in [0.4, 0.5) is 0 Å². The summed E-state index contributed by atoms with van der Waals surface area (Å²) in [6, 6.07) is 27.3. The number of aliphatic hydroxyl groups is 2. The molecule has 3 fully saturated rings. The van der Waals surface area contributed by atoms with Crippen molar-refractivity contribution in [2.45, 2.75) is 138 Å². The number of fused-ring (bicyclic) bond motifs is 2. The van der Waals surface area contributed by atoms with E-state index in [1.54, 1.807) is 59.0 Å². The van der Waals surface area contributed by atoms with Gasteiger partial charge in [0.2, 0.25) is 0 Å². The maximum Gasteiger partial charge on any atom is 0.164 e. The maximum atomic E-state index is 16.8. The largest absolute Gasteiger partial charge is 0.508 e. The predicted molar refractivity (Wildman–Crippen MR) is 293 cm³/mol. The standard InChI is InChI=1S/C61H72N2O8S2/c1-4-39-16-17-40-11-10-12-42-35-72-73-36-44-28-54(67)61(33-37-15-19-51(65)53(26-37)71-48-13-6-7-14-48,46-29-45(30-47(64)31-46)60(62-2)22-8-5-9-23-60)59(69)56(44)57(68)43(25-38-21-24-63-34-38)27-41-18-20-52(66)58(70-3)50(41)32-49(39)55(40)42/h10-12,15-21,24,26,29-31,34,43-44,48,54,56-57,62-68H,4-9,13-14,22-23,25,27-28,32-33,35-36H2,1-3H3. The van der Waals surface area contributed by atoms with E-state index in [1.807, 2.05) is 43.7 Å². The zero-order valence-electron chi connectivity index (χ0n) is 42.5. The summed E-state index contributed by atoms with van der Waals surface area (Å²) in [5.41, 5.74) is 6.36. The molecule has 1 aliphatic heterocycles. The molecule has 0 spiro atoms. The Morgan fingerprint density at radius 2 is 1.62 bits per heavy atom. The van der Waals surface area contributed by atoms with Gasteiger partial charge in [-0.3, -0.25) is 4.79 Å². The second-order valence-corrected chi connectivity index (χ2v) is 24.0. The molecule has 5 aromatic carbocycles. The highest BCUT2D eigenvalue weighted by atomic mass is 33.1. The summed E-state index contributed by atoms with van der Waals surface area (Å²) in [4.78, 5) is 20.0. The fourth-order valence-corrected chi connectivity index (χ4v) is 15.9. The van der Waals surface area contributed by atoms with E-state index in [2.05, 4.69) is 47.6 Å². The summed E-state index contributed by atoms with van der Waals surface area (Å²) >= 11 is 0. The van der Waals surface area contributed by atoms with E-state index in [9.17, 15) is 25.5 Å². The molecule has 10 rings (SSSR count). The molecule has 3 aliphatic carbocycles. The number of aromatic nitrogens is 1. The summed E-state index contributed by atoms with van der Waals surface area (Å²) < 4.78 is 12.5. The second kappa shape index (κ2) is 22.0. The fourth-order valence-electron chi connectivity index (χ4n) is 13.4. The van der Waals surface area contributed by atoms with Crippen LogP contribution in [0.25, 0.3) is 10.8 Å². The minimum atomic E-state index is -1.62. The monoisotopic (exact) mass is 1020 g/mol. The van der Waals surface area contributed by atoms with Crippen LogP contribution in [-0.4, -0.2) is 74.5 Å². The van der Waals surface area contributed by atoms with Crippen LogP contribution >= 0.6 is 21.6 Å². The first-order valence-corrected chi connectivity index (χ1v) is 29.1. The third-order valence-electron chi connectivity index (χ3n) is 17.3. The number of ketones is 1. The van der Waals surface area contributed by atoms with E-state index in [1.165, 1.54) is 22.1 Å². The summed E-state index contributed by atoms with van der Waals surface area (Å²) in [7, 11) is 6.96. The molecule has 0 saturated heterocycles. The van der Waals surface area contributed by atoms with Gasteiger partial charge in [-0.15, -0.1) is 0 Å². The molecule has 6 aromatic rings. The summed E-state index contributed by atoms with van der Waals surface area (Å²) in [6.45, 7) is 2.18. The Labute approximate surface area is 438 Å². The van der Waals surface area contributed by atoms with Crippen molar-refractivity contribution >= 4 is 38.1 Å². The number of aryl methyl sites for hydroxylation is 1. The average molecular weight is 1030 g/mol. The van der Waals surface area contributed by atoms with Gasteiger partial charge < -0.3 is 45.3 Å². The Hall–Kier alpha value is -5.11. The maximum absolute atomic E-state index is 16.8. The lowest BCUT2D eigenvalue weighted by atomic mass is 9.55. The third kappa shape index (κ3) is 10.1. The van der Waals surface area contributed by atoms with Gasteiger partial charge >= 0.3 is 0 Å².